The molecule has 0 aliphatic carbocycles. The maximum Gasteiger partial charge on any atom is 0.341 e. The van der Waals surface area contributed by atoms with E-state index in [1.165, 1.54) is 32.4 Å². The van der Waals surface area contributed by atoms with Crippen LogP contribution in [0.15, 0.2) is 18.2 Å². The number of carbonyl (C=O) groups is 1. The van der Waals surface area contributed by atoms with Crippen LogP contribution >= 0.6 is 0 Å². The molecule has 8 nitrogen and oxygen atoms in total. The highest BCUT2D eigenvalue weighted by Gasteiger charge is 2.13. The molecule has 0 saturated heterocycles. The molecule has 0 fully saturated rings. The van der Waals surface area contributed by atoms with Crippen molar-refractivity contribution in [2.24, 2.45) is 0 Å². The zero-order chi connectivity index (χ0) is 14.3. The van der Waals surface area contributed by atoms with E-state index in [-0.39, 0.29) is 18.8 Å². The number of ether oxygens (including phenoxy) is 3. The van der Waals surface area contributed by atoms with Crippen LogP contribution in [0.5, 0.6) is 11.5 Å². The molecule has 0 saturated carbocycles. The first-order valence-corrected chi connectivity index (χ1v) is 5.25. The summed E-state index contributed by atoms with van der Waals surface area (Å²) in [4.78, 5) is 25.4. The zero-order valence-electron chi connectivity index (χ0n) is 10.5. The number of hydrogen-bond acceptors (Lipinski definition) is 7. The highest BCUT2D eigenvalue weighted by molar-refractivity contribution is 5.92. The molecule has 1 aromatic carbocycles. The molecule has 0 N–H and O–H groups in total. The van der Waals surface area contributed by atoms with E-state index < -0.39 is 11.1 Å². The average molecular weight is 271 g/mol. The highest BCUT2D eigenvalue weighted by atomic mass is 17.0. The maximum absolute atomic E-state index is 11.4. The normalized spacial score (nSPS) is 9.58. The van der Waals surface area contributed by atoms with Crippen LogP contribution in [0.2, 0.25) is 0 Å². The van der Waals surface area contributed by atoms with Crippen LogP contribution < -0.4 is 9.47 Å². The lowest BCUT2D eigenvalue weighted by Crippen LogP contribution is -2.11. The first kappa shape index (κ1) is 14.6. The van der Waals surface area contributed by atoms with E-state index >= 15 is 0 Å². The molecule has 19 heavy (non-hydrogen) atoms. The van der Waals surface area contributed by atoms with E-state index in [0.717, 1.165) is 0 Å². The fraction of sp³-hybridized carbons (Fsp3) is 0.364. The summed E-state index contributed by atoms with van der Waals surface area (Å²) >= 11 is 0. The van der Waals surface area contributed by atoms with Gasteiger partial charge < -0.3 is 19.0 Å². The van der Waals surface area contributed by atoms with Gasteiger partial charge in [0.25, 0.3) is 5.09 Å². The van der Waals surface area contributed by atoms with Crippen molar-refractivity contribution in [1.82, 2.24) is 0 Å². The summed E-state index contributed by atoms with van der Waals surface area (Å²) in [6.45, 7) is -0.185. The quantitative estimate of drug-likeness (QED) is 0.316. The Labute approximate surface area is 108 Å². The van der Waals surface area contributed by atoms with Crippen LogP contribution in [0, 0.1) is 10.1 Å². The minimum Gasteiger partial charge on any atom is -0.496 e. The minimum atomic E-state index is -0.899. The molecule has 0 heterocycles. The molecule has 0 bridgehead atoms. The van der Waals surface area contributed by atoms with Crippen molar-refractivity contribution in [2.75, 3.05) is 27.4 Å². The molecular weight excluding hydrogens is 258 g/mol. The second-order valence-corrected chi connectivity index (χ2v) is 3.26. The Kier molecular flexibility index (Phi) is 5.39. The Hall–Kier alpha value is -2.51. The van der Waals surface area contributed by atoms with Gasteiger partial charge in [0.2, 0.25) is 0 Å². The molecule has 0 amide bonds. The van der Waals surface area contributed by atoms with Gasteiger partial charge in [-0.2, -0.15) is 0 Å². The third-order valence-electron chi connectivity index (χ3n) is 2.13. The molecule has 0 radical (unpaired) electrons. The summed E-state index contributed by atoms with van der Waals surface area (Å²) in [7, 11) is 2.67. The van der Waals surface area contributed by atoms with E-state index in [2.05, 4.69) is 9.57 Å². The van der Waals surface area contributed by atoms with Gasteiger partial charge in [-0.1, -0.05) is 0 Å². The van der Waals surface area contributed by atoms with Crippen molar-refractivity contribution in [3.63, 3.8) is 0 Å². The Bertz CT molecular complexity index is 460. The lowest BCUT2D eigenvalue weighted by atomic mass is 10.2. The molecule has 0 atom stereocenters. The van der Waals surface area contributed by atoms with E-state index in [0.29, 0.717) is 11.5 Å². The van der Waals surface area contributed by atoms with Crippen LogP contribution in [-0.4, -0.2) is 38.5 Å². The third-order valence-corrected chi connectivity index (χ3v) is 2.13. The summed E-state index contributed by atoms with van der Waals surface area (Å²) in [6, 6.07) is 4.49. The first-order chi connectivity index (χ1) is 9.08. The van der Waals surface area contributed by atoms with Crippen molar-refractivity contribution in [3.05, 3.63) is 33.9 Å². The largest absolute Gasteiger partial charge is 0.496 e. The molecule has 0 aliphatic heterocycles. The topological polar surface area (TPSA) is 97.1 Å². The van der Waals surface area contributed by atoms with E-state index in [9.17, 15) is 14.9 Å². The molecule has 0 spiro atoms. The highest BCUT2D eigenvalue weighted by Crippen LogP contribution is 2.25. The summed E-state index contributed by atoms with van der Waals surface area (Å²) in [5, 5.41) is 9.02. The Morgan fingerprint density at radius 1 is 1.32 bits per heavy atom. The van der Waals surface area contributed by atoms with E-state index in [1.54, 1.807) is 0 Å². The van der Waals surface area contributed by atoms with Gasteiger partial charge in [-0.05, 0) is 12.1 Å². The number of methoxy groups -OCH3 is 2. The lowest BCUT2D eigenvalue weighted by molar-refractivity contribution is -0.757. The zero-order valence-corrected chi connectivity index (χ0v) is 10.5. The Balaban J connectivity index is 2.66. The van der Waals surface area contributed by atoms with E-state index in [1.807, 2.05) is 0 Å². The number of benzene rings is 1. The number of esters is 1. The summed E-state index contributed by atoms with van der Waals surface area (Å²) in [6.07, 6.45) is 0. The fourth-order valence-electron chi connectivity index (χ4n) is 1.31. The average Bonchev–Trinajstić information content (AvgIpc) is 2.42. The van der Waals surface area contributed by atoms with Crippen LogP contribution in [-0.2, 0) is 9.57 Å². The SMILES string of the molecule is COC(=O)c1ccc(OCCO[N+](=O)[O-])cc1OC. The van der Waals surface area contributed by atoms with Gasteiger partial charge >= 0.3 is 5.97 Å². The molecule has 0 aromatic heterocycles. The predicted octanol–water partition coefficient (Wildman–Crippen LogP) is 1.07. The second kappa shape index (κ2) is 7.04. The van der Waals surface area contributed by atoms with Gasteiger partial charge in [0, 0.05) is 6.07 Å². The Morgan fingerprint density at radius 3 is 2.63 bits per heavy atom. The van der Waals surface area contributed by atoms with Gasteiger partial charge in [0.15, 0.2) is 0 Å². The lowest BCUT2D eigenvalue weighted by Gasteiger charge is -2.10. The van der Waals surface area contributed by atoms with Crippen LogP contribution in [0.4, 0.5) is 0 Å². The van der Waals surface area contributed by atoms with Crippen LogP contribution in [0.1, 0.15) is 10.4 Å². The van der Waals surface area contributed by atoms with Crippen molar-refractivity contribution in [2.45, 2.75) is 0 Å². The van der Waals surface area contributed by atoms with Crippen LogP contribution in [0.25, 0.3) is 0 Å². The number of carbonyl (C=O) groups excluding carboxylic acids is 1. The van der Waals surface area contributed by atoms with Crippen molar-refractivity contribution in [1.29, 1.82) is 0 Å². The summed E-state index contributed by atoms with van der Waals surface area (Å²) in [5.74, 6) is 0.163. The third kappa shape index (κ3) is 4.34. The molecule has 1 aromatic rings. The first-order valence-electron chi connectivity index (χ1n) is 5.25. The predicted molar refractivity (Wildman–Crippen MR) is 62.8 cm³/mol. The molecule has 8 heteroatoms. The number of rotatable bonds is 7. The van der Waals surface area contributed by atoms with Gasteiger partial charge in [0.1, 0.15) is 30.3 Å². The minimum absolute atomic E-state index is 0.00169. The smallest absolute Gasteiger partial charge is 0.341 e. The van der Waals surface area contributed by atoms with Crippen molar-refractivity contribution in [3.8, 4) is 11.5 Å². The molecule has 0 unspecified atom stereocenters. The fourth-order valence-corrected chi connectivity index (χ4v) is 1.31. The van der Waals surface area contributed by atoms with Gasteiger partial charge in [-0.3, -0.25) is 0 Å². The monoisotopic (exact) mass is 271 g/mol. The number of nitrogens with zero attached hydrogens (tertiary/aromatic N) is 1. The van der Waals surface area contributed by atoms with E-state index in [4.69, 9.17) is 9.47 Å². The summed E-state index contributed by atoms with van der Waals surface area (Å²) < 4.78 is 14.8. The Morgan fingerprint density at radius 2 is 2.05 bits per heavy atom. The molecule has 0 aliphatic rings. The second-order valence-electron chi connectivity index (χ2n) is 3.26. The molecule has 1 rings (SSSR count). The standard InChI is InChI=1S/C11H13NO7/c1-16-10-7-8(18-5-6-19-12(14)15)3-4-9(10)11(13)17-2/h3-4,7H,5-6H2,1-2H3. The summed E-state index contributed by atoms with van der Waals surface area (Å²) in [5.41, 5.74) is 0.263. The van der Waals surface area contributed by atoms with Gasteiger partial charge in [-0.15, -0.1) is 10.1 Å². The van der Waals surface area contributed by atoms with Crippen LogP contribution in [0.3, 0.4) is 0 Å². The maximum atomic E-state index is 11.4. The molecular formula is C11H13NO7. The molecule has 104 valence electrons. The number of hydrogen-bond donors (Lipinski definition) is 0. The van der Waals surface area contributed by atoms with Gasteiger partial charge in [0.05, 0.1) is 14.2 Å². The van der Waals surface area contributed by atoms with Crippen molar-refractivity contribution >= 4 is 5.97 Å². The van der Waals surface area contributed by atoms with Gasteiger partial charge in [-0.25, -0.2) is 4.79 Å². The van der Waals surface area contributed by atoms with Crippen molar-refractivity contribution < 1.29 is 28.9 Å².